The van der Waals surface area contributed by atoms with E-state index < -0.39 is 0 Å². The second-order valence-electron chi connectivity index (χ2n) is 5.22. The molecule has 2 aromatic rings. The lowest BCUT2D eigenvalue weighted by Crippen LogP contribution is -2.25. The van der Waals surface area contributed by atoms with E-state index in [0.717, 1.165) is 29.7 Å². The lowest BCUT2D eigenvalue weighted by atomic mass is 10.1. The molecule has 0 saturated heterocycles. The zero-order chi connectivity index (χ0) is 15.8. The standard InChI is InChI=1S/C19H23NO2/c1-3-22-18-13-7-5-10-16(18)11-8-14-20-19(21)17-12-6-4-9-15(17)2/h4-7,9-10,12-13H,3,8,11,14H2,1-2H3,(H,20,21). The fourth-order valence-corrected chi connectivity index (χ4v) is 2.41. The van der Waals surface area contributed by atoms with Gasteiger partial charge in [0.1, 0.15) is 5.75 Å². The zero-order valence-electron chi connectivity index (χ0n) is 13.3. The van der Waals surface area contributed by atoms with Crippen LogP contribution in [-0.4, -0.2) is 19.1 Å². The Labute approximate surface area is 132 Å². The number of hydrogen-bond acceptors (Lipinski definition) is 2. The molecule has 0 heterocycles. The minimum absolute atomic E-state index is 0.00352. The van der Waals surface area contributed by atoms with E-state index in [1.807, 2.05) is 56.3 Å². The van der Waals surface area contributed by atoms with E-state index in [2.05, 4.69) is 11.4 Å². The summed E-state index contributed by atoms with van der Waals surface area (Å²) < 4.78 is 5.61. The Kier molecular flexibility index (Phi) is 6.01. The van der Waals surface area contributed by atoms with Crippen LogP contribution in [0.1, 0.15) is 34.8 Å². The van der Waals surface area contributed by atoms with Gasteiger partial charge in [-0.05, 0) is 49.9 Å². The Hall–Kier alpha value is -2.29. The molecule has 2 rings (SSSR count). The molecule has 1 amide bonds. The molecule has 3 nitrogen and oxygen atoms in total. The van der Waals surface area contributed by atoms with Crippen LogP contribution in [-0.2, 0) is 6.42 Å². The van der Waals surface area contributed by atoms with Gasteiger partial charge in [0.15, 0.2) is 0 Å². The minimum atomic E-state index is -0.00352. The monoisotopic (exact) mass is 297 g/mol. The van der Waals surface area contributed by atoms with Crippen LogP contribution in [0.25, 0.3) is 0 Å². The second kappa shape index (κ2) is 8.23. The molecule has 0 unspecified atom stereocenters. The summed E-state index contributed by atoms with van der Waals surface area (Å²) in [5.41, 5.74) is 2.94. The number of amides is 1. The number of nitrogens with one attached hydrogen (secondary N) is 1. The van der Waals surface area contributed by atoms with Crippen LogP contribution in [0.3, 0.4) is 0 Å². The summed E-state index contributed by atoms with van der Waals surface area (Å²) in [7, 11) is 0. The van der Waals surface area contributed by atoms with Crippen molar-refractivity contribution in [3.63, 3.8) is 0 Å². The minimum Gasteiger partial charge on any atom is -0.494 e. The van der Waals surface area contributed by atoms with E-state index in [0.29, 0.717) is 13.2 Å². The lowest BCUT2D eigenvalue weighted by Gasteiger charge is -2.10. The summed E-state index contributed by atoms with van der Waals surface area (Å²) in [5.74, 6) is 0.937. The van der Waals surface area contributed by atoms with Crippen molar-refractivity contribution in [2.24, 2.45) is 0 Å². The largest absolute Gasteiger partial charge is 0.494 e. The Morgan fingerprint density at radius 2 is 1.82 bits per heavy atom. The molecule has 0 bridgehead atoms. The van der Waals surface area contributed by atoms with Crippen molar-refractivity contribution < 1.29 is 9.53 Å². The van der Waals surface area contributed by atoms with Gasteiger partial charge in [0.05, 0.1) is 6.61 Å². The van der Waals surface area contributed by atoms with Gasteiger partial charge < -0.3 is 10.1 Å². The number of carbonyl (C=O) groups excluding carboxylic acids is 1. The van der Waals surface area contributed by atoms with Crippen LogP contribution >= 0.6 is 0 Å². The van der Waals surface area contributed by atoms with E-state index in [1.54, 1.807) is 0 Å². The first-order valence-corrected chi connectivity index (χ1v) is 7.77. The van der Waals surface area contributed by atoms with Crippen LogP contribution in [0.2, 0.25) is 0 Å². The number of hydrogen-bond donors (Lipinski definition) is 1. The molecule has 0 aromatic heterocycles. The quantitative estimate of drug-likeness (QED) is 0.790. The molecule has 0 fully saturated rings. The van der Waals surface area contributed by atoms with Crippen molar-refractivity contribution in [1.29, 1.82) is 0 Å². The van der Waals surface area contributed by atoms with E-state index in [-0.39, 0.29) is 5.91 Å². The van der Waals surface area contributed by atoms with Gasteiger partial charge in [0, 0.05) is 12.1 Å². The maximum absolute atomic E-state index is 12.1. The molecule has 22 heavy (non-hydrogen) atoms. The Balaban J connectivity index is 1.83. The van der Waals surface area contributed by atoms with Gasteiger partial charge in [-0.2, -0.15) is 0 Å². The maximum Gasteiger partial charge on any atom is 0.251 e. The summed E-state index contributed by atoms with van der Waals surface area (Å²) in [6, 6.07) is 15.7. The first-order chi connectivity index (χ1) is 10.7. The van der Waals surface area contributed by atoms with Gasteiger partial charge in [-0.1, -0.05) is 36.4 Å². The van der Waals surface area contributed by atoms with E-state index in [1.165, 1.54) is 5.56 Å². The number of benzene rings is 2. The smallest absolute Gasteiger partial charge is 0.251 e. The number of ether oxygens (including phenoxy) is 1. The summed E-state index contributed by atoms with van der Waals surface area (Å²) in [4.78, 5) is 12.1. The van der Waals surface area contributed by atoms with E-state index in [4.69, 9.17) is 4.74 Å². The zero-order valence-corrected chi connectivity index (χ0v) is 13.3. The van der Waals surface area contributed by atoms with Gasteiger partial charge in [-0.15, -0.1) is 0 Å². The molecule has 0 aliphatic rings. The number of carbonyl (C=O) groups is 1. The third-order valence-electron chi connectivity index (χ3n) is 3.57. The average molecular weight is 297 g/mol. The summed E-state index contributed by atoms with van der Waals surface area (Å²) in [5, 5.41) is 2.98. The fourth-order valence-electron chi connectivity index (χ4n) is 2.41. The van der Waals surface area contributed by atoms with Gasteiger partial charge in [0.2, 0.25) is 0 Å². The van der Waals surface area contributed by atoms with Crippen molar-refractivity contribution >= 4 is 5.91 Å². The van der Waals surface area contributed by atoms with Crippen LogP contribution in [0, 0.1) is 6.92 Å². The van der Waals surface area contributed by atoms with Crippen LogP contribution in [0.5, 0.6) is 5.75 Å². The molecular formula is C19H23NO2. The van der Waals surface area contributed by atoms with Gasteiger partial charge >= 0.3 is 0 Å². The summed E-state index contributed by atoms with van der Waals surface area (Å²) >= 11 is 0. The fraction of sp³-hybridized carbons (Fsp3) is 0.316. The van der Waals surface area contributed by atoms with Gasteiger partial charge in [-0.3, -0.25) is 4.79 Å². The molecule has 116 valence electrons. The van der Waals surface area contributed by atoms with Crippen molar-refractivity contribution in [3.05, 3.63) is 65.2 Å². The number of aryl methyl sites for hydroxylation is 2. The van der Waals surface area contributed by atoms with Crippen LogP contribution < -0.4 is 10.1 Å². The van der Waals surface area contributed by atoms with Gasteiger partial charge in [0.25, 0.3) is 5.91 Å². The SMILES string of the molecule is CCOc1ccccc1CCCNC(=O)c1ccccc1C. The predicted octanol–water partition coefficient (Wildman–Crippen LogP) is 3.76. The number of para-hydroxylation sites is 1. The molecular weight excluding hydrogens is 274 g/mol. The maximum atomic E-state index is 12.1. The first-order valence-electron chi connectivity index (χ1n) is 7.77. The molecule has 0 aliphatic heterocycles. The van der Waals surface area contributed by atoms with Crippen molar-refractivity contribution in [1.82, 2.24) is 5.32 Å². The molecule has 0 aliphatic carbocycles. The number of rotatable bonds is 7. The highest BCUT2D eigenvalue weighted by Crippen LogP contribution is 2.19. The Morgan fingerprint density at radius 3 is 2.59 bits per heavy atom. The molecule has 0 atom stereocenters. The highest BCUT2D eigenvalue weighted by Gasteiger charge is 2.07. The topological polar surface area (TPSA) is 38.3 Å². The Bertz CT molecular complexity index is 622. The Morgan fingerprint density at radius 1 is 1.09 bits per heavy atom. The molecule has 3 heteroatoms. The first kappa shape index (κ1) is 16.1. The van der Waals surface area contributed by atoms with Crippen LogP contribution in [0.15, 0.2) is 48.5 Å². The van der Waals surface area contributed by atoms with Gasteiger partial charge in [-0.25, -0.2) is 0 Å². The summed E-state index contributed by atoms with van der Waals surface area (Å²) in [6.45, 7) is 5.26. The third kappa shape index (κ3) is 4.35. The third-order valence-corrected chi connectivity index (χ3v) is 3.57. The van der Waals surface area contributed by atoms with E-state index >= 15 is 0 Å². The van der Waals surface area contributed by atoms with Crippen molar-refractivity contribution in [2.45, 2.75) is 26.7 Å². The molecule has 0 spiro atoms. The molecule has 0 radical (unpaired) electrons. The predicted molar refractivity (Wildman–Crippen MR) is 89.4 cm³/mol. The highest BCUT2D eigenvalue weighted by atomic mass is 16.5. The average Bonchev–Trinajstić information content (AvgIpc) is 2.53. The second-order valence-corrected chi connectivity index (χ2v) is 5.22. The van der Waals surface area contributed by atoms with E-state index in [9.17, 15) is 4.79 Å². The molecule has 2 aromatic carbocycles. The highest BCUT2D eigenvalue weighted by molar-refractivity contribution is 5.95. The molecule has 0 saturated carbocycles. The lowest BCUT2D eigenvalue weighted by molar-refractivity contribution is 0.0952. The summed E-state index contributed by atoms with van der Waals surface area (Å²) in [6.07, 6.45) is 1.78. The van der Waals surface area contributed by atoms with Crippen molar-refractivity contribution in [2.75, 3.05) is 13.2 Å². The van der Waals surface area contributed by atoms with Crippen LogP contribution in [0.4, 0.5) is 0 Å². The molecule has 1 N–H and O–H groups in total. The van der Waals surface area contributed by atoms with Crippen molar-refractivity contribution in [3.8, 4) is 5.75 Å². The normalized spacial score (nSPS) is 10.3.